The number of fused-ring (bicyclic) bond motifs is 1. The maximum Gasteiger partial charge on any atom is 0.416 e. The number of amides is 1. The van der Waals surface area contributed by atoms with Gasteiger partial charge in [0.25, 0.3) is 11.5 Å². The predicted molar refractivity (Wildman–Crippen MR) is 114 cm³/mol. The fraction of sp³-hybridized carbons (Fsp3) is 0.238. The van der Waals surface area contributed by atoms with Gasteiger partial charge in [0, 0.05) is 24.7 Å². The topological polar surface area (TPSA) is 67.6 Å². The number of alkyl halides is 3. The molecule has 4 rings (SSSR count). The third kappa shape index (κ3) is 4.20. The number of hydrogen-bond donors (Lipinski definition) is 0. The van der Waals surface area contributed by atoms with Gasteiger partial charge in [0.05, 0.1) is 16.6 Å². The number of aryl methyl sites for hydroxylation is 1. The normalized spacial score (nSPS) is 16.1. The van der Waals surface area contributed by atoms with E-state index in [2.05, 4.69) is 10.1 Å². The summed E-state index contributed by atoms with van der Waals surface area (Å²) in [6.45, 7) is 0.350. The van der Waals surface area contributed by atoms with Crippen molar-refractivity contribution >= 4 is 39.3 Å². The van der Waals surface area contributed by atoms with E-state index in [1.165, 1.54) is 35.8 Å². The summed E-state index contributed by atoms with van der Waals surface area (Å²) in [4.78, 5) is 31.5. The molecular formula is C21H17F3N4O2S. The van der Waals surface area contributed by atoms with Crippen molar-refractivity contribution < 1.29 is 18.0 Å². The summed E-state index contributed by atoms with van der Waals surface area (Å²) in [5.41, 5.74) is -0.927. The van der Waals surface area contributed by atoms with Crippen LogP contribution in [-0.2, 0) is 13.2 Å². The summed E-state index contributed by atoms with van der Waals surface area (Å²) in [6, 6.07) is 11.4. The Morgan fingerprint density at radius 3 is 2.61 bits per heavy atom. The number of hydrogen-bond acceptors (Lipinski definition) is 5. The Kier molecular flexibility index (Phi) is 5.57. The average molecular weight is 446 g/mol. The second-order valence-electron chi connectivity index (χ2n) is 6.92. The van der Waals surface area contributed by atoms with Crippen molar-refractivity contribution in [1.82, 2.24) is 14.7 Å². The number of amidine groups is 1. The smallest absolute Gasteiger partial charge is 0.286 e. The lowest BCUT2D eigenvalue weighted by molar-refractivity contribution is -0.137. The molecule has 0 aliphatic carbocycles. The first-order chi connectivity index (χ1) is 14.8. The number of benzene rings is 2. The van der Waals surface area contributed by atoms with E-state index < -0.39 is 17.6 Å². The van der Waals surface area contributed by atoms with Crippen molar-refractivity contribution in [3.05, 3.63) is 70.1 Å². The summed E-state index contributed by atoms with van der Waals surface area (Å²) in [5.74, 6) is 0.230. The van der Waals surface area contributed by atoms with Crippen molar-refractivity contribution in [2.24, 2.45) is 12.0 Å². The molecule has 1 saturated heterocycles. The van der Waals surface area contributed by atoms with Crippen LogP contribution in [0.4, 0.5) is 18.9 Å². The van der Waals surface area contributed by atoms with Gasteiger partial charge >= 0.3 is 6.18 Å². The van der Waals surface area contributed by atoms with Crippen LogP contribution in [0.5, 0.6) is 0 Å². The molecule has 0 spiro atoms. The predicted octanol–water partition coefficient (Wildman–Crippen LogP) is 4.22. The van der Waals surface area contributed by atoms with Gasteiger partial charge in [-0.3, -0.25) is 14.5 Å². The van der Waals surface area contributed by atoms with Crippen LogP contribution in [0, 0.1) is 0 Å². The Labute approximate surface area is 179 Å². The van der Waals surface area contributed by atoms with E-state index in [9.17, 15) is 22.8 Å². The molecule has 0 bridgehead atoms. The number of carbonyl (C=O) groups excluding carboxylic acids is 1. The molecule has 1 aromatic heterocycles. The first-order valence-corrected chi connectivity index (χ1v) is 10.4. The molecule has 1 amide bonds. The Balaban J connectivity index is 1.76. The van der Waals surface area contributed by atoms with Gasteiger partial charge in [-0.2, -0.15) is 18.3 Å². The van der Waals surface area contributed by atoms with E-state index in [1.807, 2.05) is 0 Å². The highest BCUT2D eigenvalue weighted by molar-refractivity contribution is 8.13. The molecule has 6 nitrogen and oxygen atoms in total. The van der Waals surface area contributed by atoms with Gasteiger partial charge in [-0.1, -0.05) is 36.0 Å². The highest BCUT2D eigenvalue weighted by atomic mass is 32.2. The molecule has 3 aromatic rings. The fourth-order valence-corrected chi connectivity index (χ4v) is 4.24. The van der Waals surface area contributed by atoms with Gasteiger partial charge in [0.2, 0.25) is 0 Å². The molecule has 31 heavy (non-hydrogen) atoms. The third-order valence-corrected chi connectivity index (χ3v) is 5.85. The zero-order chi connectivity index (χ0) is 22.2. The molecule has 2 aromatic carbocycles. The highest BCUT2D eigenvalue weighted by Gasteiger charge is 2.31. The average Bonchev–Trinajstić information content (AvgIpc) is 2.76. The van der Waals surface area contributed by atoms with Gasteiger partial charge < -0.3 is 0 Å². The number of nitrogens with zero attached hydrogens (tertiary/aromatic N) is 4. The lowest BCUT2D eigenvalue weighted by atomic mass is 10.1. The summed E-state index contributed by atoms with van der Waals surface area (Å²) in [5, 5.41) is 5.25. The number of thioether (sulfide) groups is 1. The van der Waals surface area contributed by atoms with Crippen molar-refractivity contribution in [3.8, 4) is 0 Å². The van der Waals surface area contributed by atoms with Crippen LogP contribution in [0.15, 0.2) is 58.3 Å². The zero-order valence-electron chi connectivity index (χ0n) is 16.4. The van der Waals surface area contributed by atoms with Crippen LogP contribution >= 0.6 is 11.8 Å². The molecule has 160 valence electrons. The molecule has 0 saturated carbocycles. The van der Waals surface area contributed by atoms with Crippen LogP contribution in [0.3, 0.4) is 0 Å². The fourth-order valence-electron chi connectivity index (χ4n) is 3.29. The van der Waals surface area contributed by atoms with Gasteiger partial charge in [0.1, 0.15) is 0 Å². The molecular weight excluding hydrogens is 429 g/mol. The standard InChI is InChI=1S/C21H17F3N4O2S/c1-27-18(29)16-9-3-2-8-15(16)17(26-27)19(30)28-10-5-11-31-20(28)25-14-7-4-6-13(12-14)21(22,23)24/h2-4,6-9,12H,5,10-11H2,1H3. The maximum absolute atomic E-state index is 13.4. The number of aromatic nitrogens is 2. The SMILES string of the molecule is Cn1nc(C(=O)N2CCCSC2=Nc2cccc(C(F)(F)F)c2)c2ccccc2c1=O. The van der Waals surface area contributed by atoms with Gasteiger partial charge in [-0.05, 0) is 30.7 Å². The first-order valence-electron chi connectivity index (χ1n) is 9.42. The second kappa shape index (κ2) is 8.18. The molecule has 1 aliphatic rings. The lowest BCUT2D eigenvalue weighted by Gasteiger charge is -2.27. The van der Waals surface area contributed by atoms with Crippen molar-refractivity contribution in [1.29, 1.82) is 0 Å². The van der Waals surface area contributed by atoms with Crippen LogP contribution < -0.4 is 5.56 Å². The summed E-state index contributed by atoms with van der Waals surface area (Å²) < 4.78 is 40.2. The van der Waals surface area contributed by atoms with Gasteiger partial charge in [0.15, 0.2) is 10.9 Å². The summed E-state index contributed by atoms with van der Waals surface area (Å²) in [6.07, 6.45) is -3.79. The number of halogens is 3. The van der Waals surface area contributed by atoms with E-state index in [0.717, 1.165) is 16.8 Å². The maximum atomic E-state index is 13.4. The molecule has 1 fully saturated rings. The van der Waals surface area contributed by atoms with Crippen LogP contribution in [-0.4, -0.2) is 38.1 Å². The lowest BCUT2D eigenvalue weighted by Crippen LogP contribution is -2.40. The Bertz CT molecular complexity index is 1250. The van der Waals surface area contributed by atoms with Crippen molar-refractivity contribution in [2.45, 2.75) is 12.6 Å². The second-order valence-corrected chi connectivity index (χ2v) is 7.99. The third-order valence-electron chi connectivity index (χ3n) is 4.79. The van der Waals surface area contributed by atoms with E-state index in [4.69, 9.17) is 0 Å². The van der Waals surface area contributed by atoms with E-state index in [-0.39, 0.29) is 16.9 Å². The first kappa shape index (κ1) is 21.1. The largest absolute Gasteiger partial charge is 0.416 e. The Morgan fingerprint density at radius 1 is 1.13 bits per heavy atom. The minimum absolute atomic E-state index is 0.0944. The molecule has 1 aliphatic heterocycles. The van der Waals surface area contributed by atoms with Gasteiger partial charge in [-0.15, -0.1) is 0 Å². The Hall–Kier alpha value is -3.14. The zero-order valence-corrected chi connectivity index (χ0v) is 17.2. The number of carbonyl (C=O) groups is 1. The van der Waals surface area contributed by atoms with Crippen molar-refractivity contribution in [3.63, 3.8) is 0 Å². The minimum Gasteiger partial charge on any atom is -0.286 e. The monoisotopic (exact) mass is 446 g/mol. The summed E-state index contributed by atoms with van der Waals surface area (Å²) >= 11 is 1.29. The summed E-state index contributed by atoms with van der Waals surface area (Å²) in [7, 11) is 1.47. The number of rotatable bonds is 2. The van der Waals surface area contributed by atoms with E-state index in [1.54, 1.807) is 24.3 Å². The molecule has 10 heteroatoms. The molecule has 0 unspecified atom stereocenters. The van der Waals surface area contributed by atoms with Crippen LogP contribution in [0.2, 0.25) is 0 Å². The molecule has 0 radical (unpaired) electrons. The minimum atomic E-state index is -4.48. The molecule has 0 atom stereocenters. The van der Waals surface area contributed by atoms with E-state index in [0.29, 0.717) is 34.7 Å². The molecule has 2 heterocycles. The highest BCUT2D eigenvalue weighted by Crippen LogP contribution is 2.32. The number of aliphatic imine (C=N–C) groups is 1. The van der Waals surface area contributed by atoms with E-state index >= 15 is 0 Å². The van der Waals surface area contributed by atoms with Crippen molar-refractivity contribution in [2.75, 3.05) is 12.3 Å². The van der Waals surface area contributed by atoms with Gasteiger partial charge in [-0.25, -0.2) is 9.67 Å². The Morgan fingerprint density at radius 2 is 1.87 bits per heavy atom. The van der Waals surface area contributed by atoms with Crippen LogP contribution in [0.25, 0.3) is 10.8 Å². The quantitative estimate of drug-likeness (QED) is 0.591. The van der Waals surface area contributed by atoms with Crippen LogP contribution in [0.1, 0.15) is 22.5 Å². The molecule has 0 N–H and O–H groups in total.